The summed E-state index contributed by atoms with van der Waals surface area (Å²) in [6.45, 7) is 0. The Hall–Kier alpha value is -2.81. The van der Waals surface area contributed by atoms with Crippen molar-refractivity contribution in [1.29, 1.82) is 0 Å². The Bertz CT molecular complexity index is 1110. The van der Waals surface area contributed by atoms with E-state index in [0.717, 1.165) is 15.9 Å². The summed E-state index contributed by atoms with van der Waals surface area (Å²) < 4.78 is 38.8. The van der Waals surface area contributed by atoms with Gasteiger partial charge in [-0.15, -0.1) is 0 Å². The van der Waals surface area contributed by atoms with Gasteiger partial charge < -0.3 is 0 Å². The molecule has 0 aliphatic carbocycles. The molecule has 29 heavy (non-hydrogen) atoms. The average molecular weight is 422 g/mol. The molecule has 0 aliphatic rings. The van der Waals surface area contributed by atoms with Gasteiger partial charge in [0, 0.05) is 0 Å². The summed E-state index contributed by atoms with van der Waals surface area (Å²) >= 11 is 0. The van der Waals surface area contributed by atoms with E-state index in [9.17, 15) is 12.3 Å². The zero-order chi connectivity index (χ0) is 20.3. The van der Waals surface area contributed by atoms with Gasteiger partial charge in [-0.05, 0) is 0 Å². The van der Waals surface area contributed by atoms with Crippen LogP contribution in [0.15, 0.2) is 120 Å². The summed E-state index contributed by atoms with van der Waals surface area (Å²) in [7, 11) is -7.98. The first-order valence-corrected chi connectivity index (χ1v) is 12.6. The molecule has 5 heteroatoms. The van der Waals surface area contributed by atoms with E-state index in [1.807, 2.05) is 91.0 Å². The van der Waals surface area contributed by atoms with Gasteiger partial charge >= 0.3 is 171 Å². The van der Waals surface area contributed by atoms with E-state index in [2.05, 4.69) is 0 Å². The first-order valence-electron chi connectivity index (χ1n) is 9.25. The summed E-state index contributed by atoms with van der Waals surface area (Å²) in [6.07, 6.45) is 0. The van der Waals surface area contributed by atoms with Crippen LogP contribution in [0.2, 0.25) is 0 Å². The molecule has 0 bridgehead atoms. The fourth-order valence-corrected chi connectivity index (χ4v) is 10.2. The first-order chi connectivity index (χ1) is 14.0. The van der Waals surface area contributed by atoms with Crippen LogP contribution in [-0.2, 0) is 10.2 Å². The van der Waals surface area contributed by atoms with Gasteiger partial charge in [0.25, 0.3) is 0 Å². The number of rotatable bonds is 5. The topological polar surface area (TPSA) is 34.1 Å². The number of hydrogen-bond acceptors (Lipinski definition) is 2. The molecule has 0 aliphatic heterocycles. The van der Waals surface area contributed by atoms with Gasteiger partial charge in [0.2, 0.25) is 0 Å². The van der Waals surface area contributed by atoms with Crippen LogP contribution in [0, 0.1) is 0 Å². The average Bonchev–Trinajstić information content (AvgIpc) is 2.76. The molecule has 4 aromatic rings. The van der Waals surface area contributed by atoms with Gasteiger partial charge in [-0.2, -0.15) is 0 Å². The Balaban J connectivity index is 2.23. The predicted octanol–water partition coefficient (Wildman–Crippen LogP) is 3.70. The normalized spacial score (nSPS) is 12.4. The first kappa shape index (κ1) is 19.5. The van der Waals surface area contributed by atoms with Crippen molar-refractivity contribution in [3.63, 3.8) is 0 Å². The third-order valence-electron chi connectivity index (χ3n) is 5.17. The maximum absolute atomic E-state index is 14.5. The molecule has 146 valence electrons. The van der Waals surface area contributed by atoms with Crippen LogP contribution < -0.4 is 21.2 Å². The molecule has 0 aromatic heterocycles. The van der Waals surface area contributed by atoms with Crippen molar-refractivity contribution >= 4 is 38.7 Å². The van der Waals surface area contributed by atoms with Crippen LogP contribution in [-0.4, -0.2) is 8.42 Å². The zero-order valence-electron chi connectivity index (χ0n) is 15.6. The minimum atomic E-state index is -4.91. The second-order valence-corrected chi connectivity index (χ2v) is 11.9. The molecule has 0 N–H and O–H groups in total. The van der Waals surface area contributed by atoms with Gasteiger partial charge in [0.1, 0.15) is 0 Å². The van der Waals surface area contributed by atoms with Crippen molar-refractivity contribution in [3.05, 3.63) is 115 Å². The molecule has 4 rings (SSSR count). The van der Waals surface area contributed by atoms with Gasteiger partial charge in [0.15, 0.2) is 0 Å². The summed E-state index contributed by atoms with van der Waals surface area (Å²) in [5, 5.41) is 3.50. The Morgan fingerprint density at radius 1 is 0.517 bits per heavy atom. The van der Waals surface area contributed by atoms with Gasteiger partial charge in [-0.3, -0.25) is 0 Å². The Morgan fingerprint density at radius 2 is 0.862 bits per heavy atom. The number of halogens is 1. The molecular formula is C24H20FO2PS. The molecule has 0 amide bonds. The van der Waals surface area contributed by atoms with Crippen LogP contribution in [0.3, 0.4) is 0 Å². The SMILES string of the molecule is O=S(=O)(F)c1ccccc1[PH](c1ccccc1)(c1ccccc1)c1ccccc1. The summed E-state index contributed by atoms with van der Waals surface area (Å²) in [5.74, 6) is 0. The maximum atomic E-state index is 14.5. The molecular weight excluding hydrogens is 402 g/mol. The summed E-state index contributed by atoms with van der Waals surface area (Å²) in [4.78, 5) is -0.261. The van der Waals surface area contributed by atoms with E-state index in [-0.39, 0.29) is 4.90 Å². The van der Waals surface area contributed by atoms with E-state index < -0.39 is 17.5 Å². The monoisotopic (exact) mass is 422 g/mol. The third-order valence-corrected chi connectivity index (χ3v) is 11.1. The van der Waals surface area contributed by atoms with Crippen molar-refractivity contribution in [1.82, 2.24) is 0 Å². The molecule has 4 aromatic carbocycles. The second-order valence-electron chi connectivity index (χ2n) is 6.78. The molecule has 0 saturated carbocycles. The van der Waals surface area contributed by atoms with Gasteiger partial charge in [-0.25, -0.2) is 0 Å². The van der Waals surface area contributed by atoms with E-state index in [4.69, 9.17) is 0 Å². The minimum absolute atomic E-state index is 0.261. The molecule has 0 atom stereocenters. The van der Waals surface area contributed by atoms with Crippen molar-refractivity contribution in [2.45, 2.75) is 4.90 Å². The van der Waals surface area contributed by atoms with E-state index in [1.165, 1.54) is 6.07 Å². The third kappa shape index (κ3) is 3.50. The van der Waals surface area contributed by atoms with Crippen LogP contribution in [0.25, 0.3) is 0 Å². The van der Waals surface area contributed by atoms with Crippen LogP contribution in [0.5, 0.6) is 0 Å². The standard InChI is InChI=1S/C24H20FO2PS/c25-29(26,27)24-19-11-10-18-23(24)28(20-12-4-1-5-13-20,21-14-6-2-7-15-21)22-16-8-3-9-17-22/h1-19,28H. The van der Waals surface area contributed by atoms with Gasteiger partial charge in [-0.1, -0.05) is 0 Å². The Labute approximate surface area is 171 Å². The Morgan fingerprint density at radius 3 is 1.24 bits per heavy atom. The van der Waals surface area contributed by atoms with Crippen molar-refractivity contribution < 1.29 is 12.3 Å². The number of benzene rings is 4. The van der Waals surface area contributed by atoms with Crippen molar-refractivity contribution in [3.8, 4) is 0 Å². The molecule has 0 heterocycles. The molecule has 2 nitrogen and oxygen atoms in total. The zero-order valence-corrected chi connectivity index (χ0v) is 17.4. The quantitative estimate of drug-likeness (QED) is 0.363. The number of hydrogen-bond donors (Lipinski definition) is 0. The van der Waals surface area contributed by atoms with E-state index in [0.29, 0.717) is 5.30 Å². The van der Waals surface area contributed by atoms with Crippen LogP contribution >= 0.6 is 7.26 Å². The Kier molecular flexibility index (Phi) is 5.31. The fourth-order valence-electron chi connectivity index (χ4n) is 4.02. The molecule has 0 unspecified atom stereocenters. The van der Waals surface area contributed by atoms with Crippen LogP contribution in [0.1, 0.15) is 0 Å². The summed E-state index contributed by atoms with van der Waals surface area (Å²) in [5.41, 5.74) is 0. The predicted molar refractivity (Wildman–Crippen MR) is 121 cm³/mol. The van der Waals surface area contributed by atoms with E-state index in [1.54, 1.807) is 18.2 Å². The van der Waals surface area contributed by atoms with E-state index >= 15 is 0 Å². The molecule has 0 radical (unpaired) electrons. The second kappa shape index (κ2) is 7.90. The van der Waals surface area contributed by atoms with Crippen molar-refractivity contribution in [2.75, 3.05) is 0 Å². The molecule has 0 spiro atoms. The fraction of sp³-hybridized carbons (Fsp3) is 0. The van der Waals surface area contributed by atoms with Crippen LogP contribution in [0.4, 0.5) is 3.89 Å². The molecule has 0 fully saturated rings. The van der Waals surface area contributed by atoms with Gasteiger partial charge in [0.05, 0.1) is 0 Å². The molecule has 0 saturated heterocycles. The van der Waals surface area contributed by atoms with Crippen molar-refractivity contribution in [2.24, 2.45) is 0 Å². The summed E-state index contributed by atoms with van der Waals surface area (Å²) in [6, 6.07) is 35.9.